The molecule has 1 atom stereocenters. The van der Waals surface area contributed by atoms with E-state index in [-0.39, 0.29) is 24.2 Å². The van der Waals surface area contributed by atoms with Gasteiger partial charge in [0.2, 0.25) is 5.91 Å². The maximum absolute atomic E-state index is 12.5. The molecule has 1 N–H and O–H groups in total. The van der Waals surface area contributed by atoms with E-state index in [1.54, 1.807) is 24.3 Å². The molecule has 0 aromatic heterocycles. The second kappa shape index (κ2) is 8.06. The van der Waals surface area contributed by atoms with Crippen molar-refractivity contribution in [2.75, 3.05) is 0 Å². The van der Waals surface area contributed by atoms with Crippen LogP contribution in [0.2, 0.25) is 0 Å². The van der Waals surface area contributed by atoms with Crippen molar-refractivity contribution in [3.63, 3.8) is 0 Å². The SMILES string of the molecule is CC(=O)NC(CC(=O)c1ccc(OC(C)=O)cc1)c1ccccc1. The fourth-order valence-electron chi connectivity index (χ4n) is 2.36. The molecule has 0 aliphatic rings. The van der Waals surface area contributed by atoms with Gasteiger partial charge in [0.05, 0.1) is 6.04 Å². The van der Waals surface area contributed by atoms with Crippen LogP contribution in [0.15, 0.2) is 54.6 Å². The summed E-state index contributed by atoms with van der Waals surface area (Å²) in [6.45, 7) is 2.74. The lowest BCUT2D eigenvalue weighted by Crippen LogP contribution is -2.28. The van der Waals surface area contributed by atoms with Crippen LogP contribution < -0.4 is 10.1 Å². The quantitative estimate of drug-likeness (QED) is 0.503. The Bertz CT molecular complexity index is 723. The lowest BCUT2D eigenvalue weighted by atomic mass is 9.98. The summed E-state index contributed by atoms with van der Waals surface area (Å²) in [5, 5.41) is 2.81. The van der Waals surface area contributed by atoms with Crippen molar-refractivity contribution in [3.05, 3.63) is 65.7 Å². The summed E-state index contributed by atoms with van der Waals surface area (Å²) >= 11 is 0. The minimum atomic E-state index is -0.413. The number of amides is 1. The van der Waals surface area contributed by atoms with Crippen LogP contribution in [-0.2, 0) is 9.59 Å². The average Bonchev–Trinajstić information content (AvgIpc) is 2.54. The molecule has 1 amide bonds. The molecule has 124 valence electrons. The van der Waals surface area contributed by atoms with Crippen molar-refractivity contribution >= 4 is 17.7 Å². The number of benzene rings is 2. The number of hydrogen-bond acceptors (Lipinski definition) is 4. The number of ketones is 1. The monoisotopic (exact) mass is 325 g/mol. The van der Waals surface area contributed by atoms with Gasteiger partial charge in [-0.05, 0) is 29.8 Å². The minimum absolute atomic E-state index is 0.105. The normalized spacial score (nSPS) is 11.4. The molecule has 0 spiro atoms. The molecule has 1 unspecified atom stereocenters. The fourth-order valence-corrected chi connectivity index (χ4v) is 2.36. The van der Waals surface area contributed by atoms with E-state index < -0.39 is 5.97 Å². The van der Waals surface area contributed by atoms with Crippen LogP contribution in [0.4, 0.5) is 0 Å². The first kappa shape index (κ1) is 17.4. The van der Waals surface area contributed by atoms with Crippen LogP contribution in [0.1, 0.15) is 42.2 Å². The van der Waals surface area contributed by atoms with Gasteiger partial charge in [0.15, 0.2) is 5.78 Å². The van der Waals surface area contributed by atoms with Crippen molar-refractivity contribution < 1.29 is 19.1 Å². The van der Waals surface area contributed by atoms with Gasteiger partial charge in [0.1, 0.15) is 5.75 Å². The first-order valence-electron chi connectivity index (χ1n) is 7.59. The first-order chi connectivity index (χ1) is 11.5. The number of carbonyl (C=O) groups excluding carboxylic acids is 3. The van der Waals surface area contributed by atoms with Crippen LogP contribution >= 0.6 is 0 Å². The molecule has 2 rings (SSSR count). The van der Waals surface area contributed by atoms with Crippen LogP contribution in [0.3, 0.4) is 0 Å². The molecular formula is C19H19NO4. The highest BCUT2D eigenvalue weighted by atomic mass is 16.5. The highest BCUT2D eigenvalue weighted by Gasteiger charge is 2.18. The molecule has 24 heavy (non-hydrogen) atoms. The second-order valence-corrected chi connectivity index (χ2v) is 5.41. The van der Waals surface area contributed by atoms with Crippen molar-refractivity contribution in [1.29, 1.82) is 0 Å². The topological polar surface area (TPSA) is 72.5 Å². The van der Waals surface area contributed by atoms with E-state index in [0.717, 1.165) is 5.56 Å². The van der Waals surface area contributed by atoms with Gasteiger partial charge in [0.25, 0.3) is 0 Å². The first-order valence-corrected chi connectivity index (χ1v) is 7.59. The van der Waals surface area contributed by atoms with Gasteiger partial charge in [-0.2, -0.15) is 0 Å². The van der Waals surface area contributed by atoms with Crippen LogP contribution in [-0.4, -0.2) is 17.7 Å². The number of rotatable bonds is 6. The lowest BCUT2D eigenvalue weighted by molar-refractivity contribution is -0.131. The zero-order valence-electron chi connectivity index (χ0n) is 13.6. The third-order valence-corrected chi connectivity index (χ3v) is 3.41. The van der Waals surface area contributed by atoms with Crippen molar-refractivity contribution in [2.45, 2.75) is 26.3 Å². The molecule has 0 radical (unpaired) electrons. The van der Waals surface area contributed by atoms with Gasteiger partial charge >= 0.3 is 5.97 Å². The van der Waals surface area contributed by atoms with Crippen LogP contribution in [0.25, 0.3) is 0 Å². The molecule has 0 saturated carbocycles. The standard InChI is InChI=1S/C19H19NO4/c1-13(21)20-18(15-6-4-3-5-7-15)12-19(23)16-8-10-17(11-9-16)24-14(2)22/h3-11,18H,12H2,1-2H3,(H,20,21). The molecule has 0 bridgehead atoms. The summed E-state index contributed by atoms with van der Waals surface area (Å²) < 4.78 is 4.94. The smallest absolute Gasteiger partial charge is 0.308 e. The largest absolute Gasteiger partial charge is 0.427 e. The number of hydrogen-bond donors (Lipinski definition) is 1. The number of ether oxygens (including phenoxy) is 1. The molecular weight excluding hydrogens is 306 g/mol. The maximum atomic E-state index is 12.5. The molecule has 0 fully saturated rings. The van der Waals surface area contributed by atoms with Gasteiger partial charge in [-0.1, -0.05) is 30.3 Å². The molecule has 2 aromatic rings. The Morgan fingerprint density at radius 1 is 0.958 bits per heavy atom. The summed E-state index contributed by atoms with van der Waals surface area (Å²) in [5.74, 6) is -0.321. The zero-order valence-corrected chi connectivity index (χ0v) is 13.6. The van der Waals surface area contributed by atoms with Gasteiger partial charge in [-0.3, -0.25) is 14.4 Å². The maximum Gasteiger partial charge on any atom is 0.308 e. The van der Waals surface area contributed by atoms with Crippen molar-refractivity contribution in [2.24, 2.45) is 0 Å². The van der Waals surface area contributed by atoms with Crippen LogP contribution in [0.5, 0.6) is 5.75 Å². The number of nitrogens with one attached hydrogen (secondary N) is 1. The highest BCUT2D eigenvalue weighted by molar-refractivity contribution is 5.97. The van der Waals surface area contributed by atoms with Crippen molar-refractivity contribution in [3.8, 4) is 5.75 Å². The third-order valence-electron chi connectivity index (χ3n) is 3.41. The Morgan fingerprint density at radius 3 is 2.12 bits per heavy atom. The summed E-state index contributed by atoms with van der Waals surface area (Å²) in [6.07, 6.45) is 0.149. The van der Waals surface area contributed by atoms with E-state index in [4.69, 9.17) is 4.74 Å². The van der Waals surface area contributed by atoms with E-state index in [9.17, 15) is 14.4 Å². The molecule has 2 aromatic carbocycles. The Labute approximate surface area is 140 Å². The summed E-state index contributed by atoms with van der Waals surface area (Å²) in [6, 6.07) is 15.3. The zero-order chi connectivity index (χ0) is 17.5. The number of Topliss-reactive ketones (excluding diaryl/α,β-unsaturated/α-hetero) is 1. The Hall–Kier alpha value is -2.95. The number of esters is 1. The third kappa shape index (κ3) is 5.05. The van der Waals surface area contributed by atoms with Gasteiger partial charge in [-0.15, -0.1) is 0 Å². The van der Waals surface area contributed by atoms with Gasteiger partial charge in [-0.25, -0.2) is 0 Å². The highest BCUT2D eigenvalue weighted by Crippen LogP contribution is 2.20. The van der Waals surface area contributed by atoms with E-state index in [0.29, 0.717) is 11.3 Å². The summed E-state index contributed by atoms with van der Waals surface area (Å²) in [5.41, 5.74) is 1.37. The van der Waals surface area contributed by atoms with E-state index in [2.05, 4.69) is 5.32 Å². The second-order valence-electron chi connectivity index (χ2n) is 5.41. The molecule has 5 heteroatoms. The lowest BCUT2D eigenvalue weighted by Gasteiger charge is -2.17. The van der Waals surface area contributed by atoms with E-state index in [1.165, 1.54) is 13.8 Å². The fraction of sp³-hybridized carbons (Fsp3) is 0.211. The predicted molar refractivity (Wildman–Crippen MR) is 89.7 cm³/mol. The van der Waals surface area contributed by atoms with E-state index >= 15 is 0 Å². The Balaban J connectivity index is 2.12. The van der Waals surface area contributed by atoms with Gasteiger partial charge in [0, 0.05) is 25.8 Å². The summed E-state index contributed by atoms with van der Waals surface area (Å²) in [4.78, 5) is 34.8. The Morgan fingerprint density at radius 2 is 1.58 bits per heavy atom. The molecule has 0 aliphatic carbocycles. The van der Waals surface area contributed by atoms with Crippen LogP contribution in [0, 0.1) is 0 Å². The molecule has 0 saturated heterocycles. The average molecular weight is 325 g/mol. The minimum Gasteiger partial charge on any atom is -0.427 e. The predicted octanol–water partition coefficient (Wildman–Crippen LogP) is 3.06. The van der Waals surface area contributed by atoms with Crippen molar-refractivity contribution in [1.82, 2.24) is 5.32 Å². The Kier molecular flexibility index (Phi) is 5.84. The van der Waals surface area contributed by atoms with E-state index in [1.807, 2.05) is 30.3 Å². The molecule has 0 heterocycles. The summed E-state index contributed by atoms with van der Waals surface area (Å²) in [7, 11) is 0. The molecule has 5 nitrogen and oxygen atoms in total. The molecule has 0 aliphatic heterocycles. The number of carbonyl (C=O) groups is 3. The van der Waals surface area contributed by atoms with Gasteiger partial charge < -0.3 is 10.1 Å².